The molecule has 0 aromatic carbocycles. The Kier molecular flexibility index (Phi) is 7.91. The van der Waals surface area contributed by atoms with Crippen molar-refractivity contribution in [2.45, 2.75) is 19.4 Å². The Bertz CT molecular complexity index is 233. The number of carbonyl (C=O) groups excluding carboxylic acids is 1. The van der Waals surface area contributed by atoms with Gasteiger partial charge in [0.1, 0.15) is 0 Å². The molecule has 0 saturated carbocycles. The maximum Gasteiger partial charge on any atom is 0.221 e. The Morgan fingerprint density at radius 1 is 1.44 bits per heavy atom. The number of β-amino-alcohol motifs (C(OH)–C–C–N with tert-alkyl or cyclic N) is 1. The lowest BCUT2D eigenvalue weighted by Crippen LogP contribution is -2.44. The number of nitrogens with zero attached hydrogens (tertiary/aromatic N) is 1. The molecule has 18 heavy (non-hydrogen) atoms. The zero-order valence-electron chi connectivity index (χ0n) is 11.2. The van der Waals surface area contributed by atoms with Gasteiger partial charge in [-0.05, 0) is 6.92 Å². The van der Waals surface area contributed by atoms with Crippen molar-refractivity contribution in [1.29, 1.82) is 0 Å². The Morgan fingerprint density at radius 2 is 2.17 bits per heavy atom. The molecule has 106 valence electrons. The SMILES string of the molecule is CCNC(=O)CCNCC(O)CN1CCOCC1. The van der Waals surface area contributed by atoms with E-state index in [1.807, 2.05) is 6.92 Å². The van der Waals surface area contributed by atoms with Crippen LogP contribution in [-0.2, 0) is 9.53 Å². The van der Waals surface area contributed by atoms with E-state index in [0.717, 1.165) is 26.3 Å². The minimum atomic E-state index is -0.391. The third-order valence-corrected chi connectivity index (χ3v) is 2.86. The standard InChI is InChI=1S/C12H25N3O3/c1-2-14-12(17)3-4-13-9-11(16)10-15-5-7-18-8-6-15/h11,13,16H,2-10H2,1H3,(H,14,17). The first-order valence-corrected chi connectivity index (χ1v) is 6.68. The van der Waals surface area contributed by atoms with E-state index in [1.165, 1.54) is 0 Å². The van der Waals surface area contributed by atoms with Gasteiger partial charge >= 0.3 is 0 Å². The molecule has 1 heterocycles. The first kappa shape index (κ1) is 15.4. The van der Waals surface area contributed by atoms with Crippen LogP contribution in [0.25, 0.3) is 0 Å². The van der Waals surface area contributed by atoms with E-state index >= 15 is 0 Å². The quantitative estimate of drug-likeness (QED) is 0.477. The molecule has 1 aliphatic rings. The van der Waals surface area contributed by atoms with E-state index in [1.54, 1.807) is 0 Å². The molecular weight excluding hydrogens is 234 g/mol. The molecule has 3 N–H and O–H groups in total. The molecule has 0 aromatic heterocycles. The maximum atomic E-state index is 11.2. The lowest BCUT2D eigenvalue weighted by molar-refractivity contribution is -0.120. The van der Waals surface area contributed by atoms with Crippen LogP contribution >= 0.6 is 0 Å². The van der Waals surface area contributed by atoms with E-state index < -0.39 is 6.10 Å². The average molecular weight is 259 g/mol. The monoisotopic (exact) mass is 259 g/mol. The molecule has 1 saturated heterocycles. The summed E-state index contributed by atoms with van der Waals surface area (Å²) in [7, 11) is 0. The van der Waals surface area contributed by atoms with Gasteiger partial charge in [0, 0.05) is 45.7 Å². The zero-order valence-corrected chi connectivity index (χ0v) is 11.2. The summed E-state index contributed by atoms with van der Waals surface area (Å²) in [5.74, 6) is 0.0488. The molecule has 1 amide bonds. The highest BCUT2D eigenvalue weighted by Crippen LogP contribution is 1.98. The number of morpholine rings is 1. The average Bonchev–Trinajstić information content (AvgIpc) is 2.36. The first-order chi connectivity index (χ1) is 8.72. The van der Waals surface area contributed by atoms with Crippen molar-refractivity contribution in [3.05, 3.63) is 0 Å². The van der Waals surface area contributed by atoms with Crippen LogP contribution in [0.5, 0.6) is 0 Å². The number of aliphatic hydroxyl groups is 1. The molecule has 0 radical (unpaired) electrons. The molecule has 6 heteroatoms. The summed E-state index contributed by atoms with van der Waals surface area (Å²) in [6.07, 6.45) is 0.0651. The molecule has 6 nitrogen and oxygen atoms in total. The van der Waals surface area contributed by atoms with Crippen LogP contribution in [0.3, 0.4) is 0 Å². The van der Waals surface area contributed by atoms with Gasteiger partial charge in [-0.15, -0.1) is 0 Å². The summed E-state index contributed by atoms with van der Waals surface area (Å²) in [5, 5.41) is 15.7. The van der Waals surface area contributed by atoms with Crippen LogP contribution in [-0.4, -0.2) is 74.5 Å². The molecule has 0 aromatic rings. The summed E-state index contributed by atoms with van der Waals surface area (Å²) < 4.78 is 5.25. The van der Waals surface area contributed by atoms with Crippen molar-refractivity contribution in [3.8, 4) is 0 Å². The van der Waals surface area contributed by atoms with E-state index in [9.17, 15) is 9.90 Å². The van der Waals surface area contributed by atoms with Crippen LogP contribution in [0.2, 0.25) is 0 Å². The van der Waals surface area contributed by atoms with Crippen molar-refractivity contribution in [2.75, 3.05) is 52.5 Å². The van der Waals surface area contributed by atoms with Crippen LogP contribution in [0.1, 0.15) is 13.3 Å². The van der Waals surface area contributed by atoms with Gasteiger partial charge in [0.15, 0.2) is 0 Å². The lowest BCUT2D eigenvalue weighted by Gasteiger charge is -2.28. The van der Waals surface area contributed by atoms with Crippen molar-refractivity contribution in [1.82, 2.24) is 15.5 Å². The Balaban J connectivity index is 1.99. The third kappa shape index (κ3) is 6.90. The van der Waals surface area contributed by atoms with E-state index in [0.29, 0.717) is 32.6 Å². The number of hydrogen-bond donors (Lipinski definition) is 3. The van der Waals surface area contributed by atoms with Crippen LogP contribution in [0, 0.1) is 0 Å². The normalized spacial score (nSPS) is 18.6. The highest BCUT2D eigenvalue weighted by Gasteiger charge is 2.14. The minimum Gasteiger partial charge on any atom is -0.390 e. The summed E-state index contributed by atoms with van der Waals surface area (Å²) in [4.78, 5) is 13.4. The molecular formula is C12H25N3O3. The van der Waals surface area contributed by atoms with Gasteiger partial charge < -0.3 is 20.5 Å². The van der Waals surface area contributed by atoms with Crippen molar-refractivity contribution in [3.63, 3.8) is 0 Å². The molecule has 1 aliphatic heterocycles. The number of rotatable bonds is 8. The molecule has 1 unspecified atom stereocenters. The van der Waals surface area contributed by atoms with Crippen LogP contribution < -0.4 is 10.6 Å². The Labute approximate surface area is 109 Å². The fourth-order valence-corrected chi connectivity index (χ4v) is 1.90. The van der Waals surface area contributed by atoms with Gasteiger partial charge in [-0.3, -0.25) is 9.69 Å². The zero-order chi connectivity index (χ0) is 13.2. The molecule has 1 rings (SSSR count). The molecule has 0 bridgehead atoms. The molecule has 1 fully saturated rings. The van der Waals surface area contributed by atoms with Crippen LogP contribution in [0.4, 0.5) is 0 Å². The fraction of sp³-hybridized carbons (Fsp3) is 0.917. The van der Waals surface area contributed by atoms with Crippen molar-refractivity contribution >= 4 is 5.91 Å². The lowest BCUT2D eigenvalue weighted by atomic mass is 10.3. The fourth-order valence-electron chi connectivity index (χ4n) is 1.90. The Hall–Kier alpha value is -0.690. The molecule has 0 aliphatic carbocycles. The number of hydrogen-bond acceptors (Lipinski definition) is 5. The number of aliphatic hydroxyl groups excluding tert-OH is 1. The predicted molar refractivity (Wildman–Crippen MR) is 69.4 cm³/mol. The van der Waals surface area contributed by atoms with Gasteiger partial charge in [-0.2, -0.15) is 0 Å². The summed E-state index contributed by atoms with van der Waals surface area (Å²) >= 11 is 0. The van der Waals surface area contributed by atoms with E-state index in [4.69, 9.17) is 4.74 Å². The minimum absolute atomic E-state index is 0.0488. The molecule has 1 atom stereocenters. The van der Waals surface area contributed by atoms with Gasteiger partial charge in [0.05, 0.1) is 19.3 Å². The number of ether oxygens (including phenoxy) is 1. The maximum absolute atomic E-state index is 11.2. The Morgan fingerprint density at radius 3 is 2.83 bits per heavy atom. The van der Waals surface area contributed by atoms with E-state index in [-0.39, 0.29) is 5.91 Å². The molecule has 0 spiro atoms. The van der Waals surface area contributed by atoms with Gasteiger partial charge in [0.2, 0.25) is 5.91 Å². The van der Waals surface area contributed by atoms with Gasteiger partial charge in [-0.1, -0.05) is 0 Å². The summed E-state index contributed by atoms with van der Waals surface area (Å²) in [5.41, 5.74) is 0. The van der Waals surface area contributed by atoms with Crippen molar-refractivity contribution < 1.29 is 14.6 Å². The topological polar surface area (TPSA) is 73.8 Å². The number of amides is 1. The van der Waals surface area contributed by atoms with E-state index in [2.05, 4.69) is 15.5 Å². The number of carbonyl (C=O) groups is 1. The summed E-state index contributed by atoms with van der Waals surface area (Å²) in [6, 6.07) is 0. The van der Waals surface area contributed by atoms with Crippen LogP contribution in [0.15, 0.2) is 0 Å². The van der Waals surface area contributed by atoms with Gasteiger partial charge in [-0.25, -0.2) is 0 Å². The highest BCUT2D eigenvalue weighted by atomic mass is 16.5. The smallest absolute Gasteiger partial charge is 0.221 e. The second-order valence-electron chi connectivity index (χ2n) is 4.47. The largest absolute Gasteiger partial charge is 0.390 e. The second kappa shape index (κ2) is 9.27. The first-order valence-electron chi connectivity index (χ1n) is 6.68. The predicted octanol–water partition coefficient (Wildman–Crippen LogP) is -1.20. The third-order valence-electron chi connectivity index (χ3n) is 2.86. The second-order valence-corrected chi connectivity index (χ2v) is 4.47. The highest BCUT2D eigenvalue weighted by molar-refractivity contribution is 5.75. The summed E-state index contributed by atoms with van der Waals surface area (Å²) in [6.45, 7) is 7.62. The van der Waals surface area contributed by atoms with Crippen molar-refractivity contribution in [2.24, 2.45) is 0 Å². The van der Waals surface area contributed by atoms with Gasteiger partial charge in [0.25, 0.3) is 0 Å². The number of nitrogens with one attached hydrogen (secondary N) is 2.